The molecule has 5 aromatic rings. The molecular formula is C33H34FN7O. The molecule has 2 aromatic heterocycles. The number of anilines is 3. The monoisotopic (exact) mass is 563 g/mol. The number of hydrogen-bond donors (Lipinski definition) is 3. The van der Waals surface area contributed by atoms with Crippen molar-refractivity contribution >= 4 is 34.3 Å². The second-order valence-electron chi connectivity index (χ2n) is 10.5. The van der Waals surface area contributed by atoms with Crippen molar-refractivity contribution in [2.24, 2.45) is 0 Å². The molecule has 1 aliphatic rings. The molecule has 6 rings (SSSR count). The summed E-state index contributed by atoms with van der Waals surface area (Å²) in [6.07, 6.45) is 8.30. The molecule has 0 spiro atoms. The van der Waals surface area contributed by atoms with Gasteiger partial charge in [-0.25, -0.2) is 14.4 Å². The second-order valence-corrected chi connectivity index (χ2v) is 10.5. The summed E-state index contributed by atoms with van der Waals surface area (Å²) in [5.74, 6) is 0.432. The van der Waals surface area contributed by atoms with Crippen LogP contribution in [0.15, 0.2) is 85.5 Å². The summed E-state index contributed by atoms with van der Waals surface area (Å²) < 4.78 is 21.2. The van der Waals surface area contributed by atoms with Crippen LogP contribution in [-0.4, -0.2) is 58.5 Å². The molecule has 214 valence electrons. The van der Waals surface area contributed by atoms with E-state index in [1.807, 2.05) is 30.3 Å². The Morgan fingerprint density at radius 2 is 1.86 bits per heavy atom. The number of ether oxygens (including phenoxy) is 1. The highest BCUT2D eigenvalue weighted by Crippen LogP contribution is 2.30. The van der Waals surface area contributed by atoms with E-state index in [1.165, 1.54) is 18.3 Å². The van der Waals surface area contributed by atoms with Gasteiger partial charge in [-0.1, -0.05) is 18.2 Å². The molecule has 1 fully saturated rings. The van der Waals surface area contributed by atoms with Crippen molar-refractivity contribution in [3.8, 4) is 11.1 Å². The molecule has 0 radical (unpaired) electrons. The molecule has 3 N–H and O–H groups in total. The molecule has 0 aliphatic carbocycles. The van der Waals surface area contributed by atoms with Gasteiger partial charge in [-0.3, -0.25) is 4.90 Å². The molecule has 3 aromatic carbocycles. The molecule has 3 heterocycles. The average Bonchev–Trinajstić information content (AvgIpc) is 3.50. The summed E-state index contributed by atoms with van der Waals surface area (Å²) in [6.45, 7) is 6.23. The van der Waals surface area contributed by atoms with Crippen LogP contribution in [0.4, 0.5) is 21.6 Å². The van der Waals surface area contributed by atoms with Gasteiger partial charge in [0.1, 0.15) is 18.0 Å². The van der Waals surface area contributed by atoms with E-state index in [-0.39, 0.29) is 5.82 Å². The summed E-state index contributed by atoms with van der Waals surface area (Å²) in [4.78, 5) is 11.5. The summed E-state index contributed by atoms with van der Waals surface area (Å²) in [5, 5.41) is 15.6. The fourth-order valence-corrected chi connectivity index (χ4v) is 5.29. The predicted molar refractivity (Wildman–Crippen MR) is 166 cm³/mol. The van der Waals surface area contributed by atoms with Crippen LogP contribution in [0.1, 0.15) is 17.5 Å². The van der Waals surface area contributed by atoms with Crippen LogP contribution in [-0.2, 0) is 17.8 Å². The van der Waals surface area contributed by atoms with Crippen molar-refractivity contribution in [3.63, 3.8) is 0 Å². The number of halogens is 1. The number of fused-ring (bicyclic) bond motifs is 1. The first-order valence-corrected chi connectivity index (χ1v) is 14.3. The maximum Gasteiger partial charge on any atom is 0.141 e. The van der Waals surface area contributed by atoms with Crippen LogP contribution in [0, 0.1) is 11.2 Å². The summed E-state index contributed by atoms with van der Waals surface area (Å²) in [6, 6.07) is 20.6. The minimum Gasteiger partial charge on any atom is -0.380 e. The Labute approximate surface area is 244 Å². The second kappa shape index (κ2) is 12.9. The van der Waals surface area contributed by atoms with E-state index < -0.39 is 0 Å². The van der Waals surface area contributed by atoms with Gasteiger partial charge < -0.3 is 25.3 Å². The molecule has 0 unspecified atom stereocenters. The van der Waals surface area contributed by atoms with Crippen molar-refractivity contribution in [2.75, 3.05) is 43.5 Å². The Morgan fingerprint density at radius 1 is 0.952 bits per heavy atom. The molecule has 1 saturated heterocycles. The number of nitrogens with zero attached hydrogens (tertiary/aromatic N) is 4. The normalized spacial score (nSPS) is 13.7. The molecular weight excluding hydrogens is 529 g/mol. The number of morpholine rings is 1. The minimum absolute atomic E-state index is 0.265. The van der Waals surface area contributed by atoms with E-state index in [0.29, 0.717) is 17.9 Å². The summed E-state index contributed by atoms with van der Waals surface area (Å²) >= 11 is 0. The fourth-order valence-electron chi connectivity index (χ4n) is 5.29. The van der Waals surface area contributed by atoms with E-state index in [1.54, 1.807) is 12.4 Å². The predicted octanol–water partition coefficient (Wildman–Crippen LogP) is 6.31. The highest BCUT2D eigenvalue weighted by molar-refractivity contribution is 5.94. The lowest BCUT2D eigenvalue weighted by Crippen LogP contribution is -2.37. The Kier molecular flexibility index (Phi) is 8.48. The number of rotatable bonds is 11. The standard InChI is InChI=1S/C33H34FN7O/c34-28-4-1-3-24(17-28)21-36-31-8-6-29(18-27(31)20-35)39-33-30-19-25(5-7-32(30)37-23-38-33)26-9-12-41(22-26)11-2-10-40-13-15-42-16-14-40/h1,3-9,12,17-20,22-23,35-36H,2,10-11,13-16,21H2,(H,37,38,39). The number of aromatic nitrogens is 3. The fraction of sp³-hybridized carbons (Fsp3) is 0.242. The SMILES string of the molecule is N=Cc1cc(Nc2ncnc3ccc(-c4ccn(CCCN5CCOCC5)c4)cc23)ccc1NCc1cccc(F)c1. The number of hydrogen-bond acceptors (Lipinski definition) is 7. The van der Waals surface area contributed by atoms with Crippen LogP contribution in [0.3, 0.4) is 0 Å². The zero-order valence-corrected chi connectivity index (χ0v) is 23.4. The van der Waals surface area contributed by atoms with Crippen molar-refractivity contribution in [3.05, 3.63) is 102 Å². The molecule has 0 amide bonds. The number of nitrogens with one attached hydrogen (secondary N) is 3. The zero-order valence-electron chi connectivity index (χ0n) is 23.4. The summed E-state index contributed by atoms with van der Waals surface area (Å²) in [5.41, 5.74) is 6.25. The van der Waals surface area contributed by atoms with Gasteiger partial charge in [0, 0.05) is 73.7 Å². The first kappa shape index (κ1) is 27.6. The van der Waals surface area contributed by atoms with Crippen LogP contribution in [0.25, 0.3) is 22.0 Å². The average molecular weight is 564 g/mol. The maximum absolute atomic E-state index is 13.5. The third kappa shape index (κ3) is 6.64. The first-order chi connectivity index (χ1) is 20.6. The van der Waals surface area contributed by atoms with Gasteiger partial charge in [0.05, 0.1) is 18.7 Å². The van der Waals surface area contributed by atoms with Crippen LogP contribution in [0.5, 0.6) is 0 Å². The molecule has 8 nitrogen and oxygen atoms in total. The van der Waals surface area contributed by atoms with E-state index in [2.05, 4.69) is 60.7 Å². The molecule has 1 aliphatic heterocycles. The van der Waals surface area contributed by atoms with E-state index in [0.717, 1.165) is 84.8 Å². The lowest BCUT2D eigenvalue weighted by molar-refractivity contribution is 0.0369. The lowest BCUT2D eigenvalue weighted by atomic mass is 10.1. The molecule has 0 saturated carbocycles. The van der Waals surface area contributed by atoms with Gasteiger partial charge in [0.2, 0.25) is 0 Å². The molecule has 0 bridgehead atoms. The Bertz CT molecular complexity index is 1680. The number of aryl methyl sites for hydroxylation is 1. The van der Waals surface area contributed by atoms with Crippen LogP contribution in [0.2, 0.25) is 0 Å². The third-order valence-electron chi connectivity index (χ3n) is 7.56. The Morgan fingerprint density at radius 3 is 2.71 bits per heavy atom. The van der Waals surface area contributed by atoms with Gasteiger partial charge in [-0.15, -0.1) is 0 Å². The van der Waals surface area contributed by atoms with Gasteiger partial charge in [0.15, 0.2) is 0 Å². The maximum atomic E-state index is 13.5. The van der Waals surface area contributed by atoms with Crippen molar-refractivity contribution in [1.82, 2.24) is 19.4 Å². The van der Waals surface area contributed by atoms with Gasteiger partial charge in [0.25, 0.3) is 0 Å². The highest BCUT2D eigenvalue weighted by atomic mass is 19.1. The summed E-state index contributed by atoms with van der Waals surface area (Å²) in [7, 11) is 0. The van der Waals surface area contributed by atoms with Crippen LogP contribution >= 0.6 is 0 Å². The van der Waals surface area contributed by atoms with Crippen molar-refractivity contribution < 1.29 is 9.13 Å². The van der Waals surface area contributed by atoms with E-state index in [9.17, 15) is 4.39 Å². The Balaban J connectivity index is 1.15. The first-order valence-electron chi connectivity index (χ1n) is 14.3. The van der Waals surface area contributed by atoms with Gasteiger partial charge in [-0.2, -0.15) is 0 Å². The van der Waals surface area contributed by atoms with Gasteiger partial charge in [-0.05, 0) is 71.6 Å². The minimum atomic E-state index is -0.265. The Hall–Kier alpha value is -4.60. The van der Waals surface area contributed by atoms with Crippen molar-refractivity contribution in [2.45, 2.75) is 19.5 Å². The van der Waals surface area contributed by atoms with Crippen molar-refractivity contribution in [1.29, 1.82) is 5.41 Å². The smallest absolute Gasteiger partial charge is 0.141 e. The zero-order chi connectivity index (χ0) is 28.7. The highest BCUT2D eigenvalue weighted by Gasteiger charge is 2.11. The van der Waals surface area contributed by atoms with E-state index in [4.69, 9.17) is 10.1 Å². The molecule has 42 heavy (non-hydrogen) atoms. The van der Waals surface area contributed by atoms with Gasteiger partial charge >= 0.3 is 0 Å². The topological polar surface area (TPSA) is 91.1 Å². The molecule has 0 atom stereocenters. The molecule has 9 heteroatoms. The third-order valence-corrected chi connectivity index (χ3v) is 7.56. The number of benzene rings is 3. The quantitative estimate of drug-likeness (QED) is 0.163. The lowest BCUT2D eigenvalue weighted by Gasteiger charge is -2.26. The van der Waals surface area contributed by atoms with E-state index >= 15 is 0 Å². The largest absolute Gasteiger partial charge is 0.380 e. The van der Waals surface area contributed by atoms with Crippen LogP contribution < -0.4 is 10.6 Å².